The molecule has 1 aliphatic rings. The first-order valence-corrected chi connectivity index (χ1v) is 13.8. The standard InChI is InChI=1S/C31H30FN3O2S/c1-21(19-22-7-3-2-4-8-22)31(37)35-17-15-24(16-18-35)30-34-28(20-38-30)29(36)33-27-10-6-5-9-26(27)23-11-13-25(32)14-12-23/h2-14,20-21,24H,15-19H2,1H3,(H,33,36). The monoisotopic (exact) mass is 527 g/mol. The summed E-state index contributed by atoms with van der Waals surface area (Å²) in [5.41, 5.74) is 3.84. The number of piperidine rings is 1. The maximum Gasteiger partial charge on any atom is 0.275 e. The first-order valence-electron chi connectivity index (χ1n) is 12.9. The summed E-state index contributed by atoms with van der Waals surface area (Å²) in [6.45, 7) is 3.41. The van der Waals surface area contributed by atoms with Crippen LogP contribution in [0.5, 0.6) is 0 Å². The molecule has 1 atom stereocenters. The molecule has 1 saturated heterocycles. The van der Waals surface area contributed by atoms with Gasteiger partial charge in [0.25, 0.3) is 5.91 Å². The van der Waals surface area contributed by atoms with Gasteiger partial charge in [0.15, 0.2) is 0 Å². The fourth-order valence-electron chi connectivity index (χ4n) is 4.95. The lowest BCUT2D eigenvalue weighted by Gasteiger charge is -2.33. The maximum atomic E-state index is 13.4. The van der Waals surface area contributed by atoms with E-state index in [-0.39, 0.29) is 29.5 Å². The van der Waals surface area contributed by atoms with Gasteiger partial charge < -0.3 is 10.2 Å². The lowest BCUT2D eigenvalue weighted by atomic mass is 9.94. The molecule has 3 aromatic carbocycles. The molecule has 0 aliphatic carbocycles. The molecule has 7 heteroatoms. The number of carbonyl (C=O) groups excluding carboxylic acids is 2. The first-order chi connectivity index (χ1) is 18.5. The lowest BCUT2D eigenvalue weighted by molar-refractivity contribution is -0.136. The number of hydrogen-bond donors (Lipinski definition) is 1. The smallest absolute Gasteiger partial charge is 0.275 e. The highest BCUT2D eigenvalue weighted by molar-refractivity contribution is 7.10. The normalized spacial score (nSPS) is 14.7. The Kier molecular flexibility index (Phi) is 7.94. The molecule has 2 heterocycles. The molecule has 0 spiro atoms. The topological polar surface area (TPSA) is 62.3 Å². The summed E-state index contributed by atoms with van der Waals surface area (Å²) in [7, 11) is 0. The highest BCUT2D eigenvalue weighted by Crippen LogP contribution is 2.32. The van der Waals surface area contributed by atoms with Crippen molar-refractivity contribution in [3.63, 3.8) is 0 Å². The Morgan fingerprint density at radius 3 is 2.42 bits per heavy atom. The number of halogens is 1. The number of nitrogens with zero attached hydrogens (tertiary/aromatic N) is 2. The van der Waals surface area contributed by atoms with Gasteiger partial charge in [0.05, 0.1) is 5.01 Å². The summed E-state index contributed by atoms with van der Waals surface area (Å²) < 4.78 is 13.4. The molecule has 5 rings (SSSR count). The largest absolute Gasteiger partial charge is 0.342 e. The van der Waals surface area contributed by atoms with Gasteiger partial charge in [-0.15, -0.1) is 11.3 Å². The number of carbonyl (C=O) groups is 2. The highest BCUT2D eigenvalue weighted by Gasteiger charge is 2.28. The lowest BCUT2D eigenvalue weighted by Crippen LogP contribution is -2.41. The van der Waals surface area contributed by atoms with Gasteiger partial charge >= 0.3 is 0 Å². The third-order valence-corrected chi connectivity index (χ3v) is 8.05. The van der Waals surface area contributed by atoms with Crippen LogP contribution in [0.25, 0.3) is 11.1 Å². The van der Waals surface area contributed by atoms with E-state index < -0.39 is 0 Å². The van der Waals surface area contributed by atoms with Crippen LogP contribution < -0.4 is 5.32 Å². The van der Waals surface area contributed by atoms with Crippen molar-refractivity contribution in [2.45, 2.75) is 32.1 Å². The van der Waals surface area contributed by atoms with Crippen LogP contribution in [0.1, 0.15) is 46.7 Å². The van der Waals surface area contributed by atoms with E-state index in [4.69, 9.17) is 0 Å². The summed E-state index contributed by atoms with van der Waals surface area (Å²) in [4.78, 5) is 32.7. The maximum absolute atomic E-state index is 13.4. The quantitative estimate of drug-likeness (QED) is 0.288. The molecule has 5 nitrogen and oxygen atoms in total. The van der Waals surface area contributed by atoms with E-state index in [9.17, 15) is 14.0 Å². The van der Waals surface area contributed by atoms with Crippen molar-refractivity contribution in [1.29, 1.82) is 0 Å². The van der Waals surface area contributed by atoms with Crippen molar-refractivity contribution < 1.29 is 14.0 Å². The minimum absolute atomic E-state index is 0.0538. The van der Waals surface area contributed by atoms with Gasteiger partial charge in [0.1, 0.15) is 11.5 Å². The SMILES string of the molecule is CC(Cc1ccccc1)C(=O)N1CCC(c2nc(C(=O)Nc3ccccc3-c3ccc(F)cc3)cs2)CC1. The van der Waals surface area contributed by atoms with E-state index in [1.165, 1.54) is 29.0 Å². The Balaban J connectivity index is 1.18. The third-order valence-electron chi connectivity index (χ3n) is 7.05. The van der Waals surface area contributed by atoms with Gasteiger partial charge in [-0.2, -0.15) is 0 Å². The molecular weight excluding hydrogens is 497 g/mol. The summed E-state index contributed by atoms with van der Waals surface area (Å²) in [5.74, 6) is -0.193. The van der Waals surface area contributed by atoms with Gasteiger partial charge in [-0.05, 0) is 48.6 Å². The van der Waals surface area contributed by atoms with Crippen molar-refractivity contribution in [3.8, 4) is 11.1 Å². The van der Waals surface area contributed by atoms with Crippen molar-refractivity contribution >= 4 is 28.8 Å². The molecule has 4 aromatic rings. The van der Waals surface area contributed by atoms with E-state index >= 15 is 0 Å². The molecule has 0 radical (unpaired) electrons. The molecule has 1 aromatic heterocycles. The van der Waals surface area contributed by atoms with Gasteiger partial charge in [0.2, 0.25) is 5.91 Å². The first kappa shape index (κ1) is 25.8. The number of aromatic nitrogens is 1. The van der Waals surface area contributed by atoms with Gasteiger partial charge in [-0.3, -0.25) is 9.59 Å². The van der Waals surface area contributed by atoms with Crippen LogP contribution in [0.2, 0.25) is 0 Å². The van der Waals surface area contributed by atoms with Crippen LogP contribution in [-0.2, 0) is 11.2 Å². The number of anilines is 1. The summed E-state index contributed by atoms with van der Waals surface area (Å²) in [6, 6.07) is 23.8. The Morgan fingerprint density at radius 1 is 1.00 bits per heavy atom. The number of benzene rings is 3. The van der Waals surface area contributed by atoms with Crippen molar-refractivity contribution in [2.24, 2.45) is 5.92 Å². The number of rotatable bonds is 7. The number of amides is 2. The van der Waals surface area contributed by atoms with Gasteiger partial charge in [-0.25, -0.2) is 9.37 Å². The molecule has 1 fully saturated rings. The second-order valence-corrected chi connectivity index (χ2v) is 10.7. The highest BCUT2D eigenvalue weighted by atomic mass is 32.1. The molecule has 1 aliphatic heterocycles. The summed E-state index contributed by atoms with van der Waals surface area (Å²) >= 11 is 1.50. The minimum atomic E-state index is -0.304. The van der Waals surface area contributed by atoms with E-state index in [2.05, 4.69) is 22.4 Å². The van der Waals surface area contributed by atoms with Crippen molar-refractivity contribution in [1.82, 2.24) is 9.88 Å². The molecule has 1 unspecified atom stereocenters. The van der Waals surface area contributed by atoms with Crippen LogP contribution >= 0.6 is 11.3 Å². The van der Waals surface area contributed by atoms with E-state index in [1.54, 1.807) is 17.5 Å². The van der Waals surface area contributed by atoms with Crippen LogP contribution in [0, 0.1) is 11.7 Å². The Morgan fingerprint density at radius 2 is 1.68 bits per heavy atom. The Labute approximate surface area is 226 Å². The zero-order valence-corrected chi connectivity index (χ0v) is 22.1. The molecule has 1 N–H and O–H groups in total. The van der Waals surface area contributed by atoms with Crippen molar-refractivity contribution in [2.75, 3.05) is 18.4 Å². The number of nitrogens with one attached hydrogen (secondary N) is 1. The average Bonchev–Trinajstić information content (AvgIpc) is 3.45. The molecule has 2 amide bonds. The second kappa shape index (κ2) is 11.7. The van der Waals surface area contributed by atoms with Crippen LogP contribution in [0.3, 0.4) is 0 Å². The zero-order valence-electron chi connectivity index (χ0n) is 21.3. The van der Waals surface area contributed by atoms with E-state index in [0.717, 1.165) is 35.4 Å². The molecule has 0 saturated carbocycles. The zero-order chi connectivity index (χ0) is 26.5. The minimum Gasteiger partial charge on any atom is -0.342 e. The van der Waals surface area contributed by atoms with E-state index in [1.807, 2.05) is 54.3 Å². The molecule has 0 bridgehead atoms. The number of likely N-dealkylation sites (tertiary alicyclic amines) is 1. The fourth-order valence-corrected chi connectivity index (χ4v) is 5.92. The van der Waals surface area contributed by atoms with Crippen LogP contribution in [0.15, 0.2) is 84.2 Å². The summed E-state index contributed by atoms with van der Waals surface area (Å²) in [5, 5.41) is 5.70. The van der Waals surface area contributed by atoms with Gasteiger partial charge in [0, 0.05) is 41.6 Å². The third kappa shape index (κ3) is 6.00. The predicted octanol–water partition coefficient (Wildman–Crippen LogP) is 6.79. The number of thiazole rings is 1. The van der Waals surface area contributed by atoms with Crippen LogP contribution in [0.4, 0.5) is 10.1 Å². The fraction of sp³-hybridized carbons (Fsp3) is 0.258. The predicted molar refractivity (Wildman–Crippen MR) is 150 cm³/mol. The Bertz CT molecular complexity index is 1400. The second-order valence-electron chi connectivity index (χ2n) is 9.77. The molecule has 194 valence electrons. The average molecular weight is 528 g/mol. The number of hydrogen-bond acceptors (Lipinski definition) is 4. The number of para-hydroxylation sites is 1. The molecular formula is C31H30FN3O2S. The van der Waals surface area contributed by atoms with E-state index in [0.29, 0.717) is 24.5 Å². The van der Waals surface area contributed by atoms with Crippen molar-refractivity contribution in [3.05, 3.63) is 106 Å². The molecule has 38 heavy (non-hydrogen) atoms. The Hall–Kier alpha value is -3.84. The summed E-state index contributed by atoms with van der Waals surface area (Å²) in [6.07, 6.45) is 2.42. The van der Waals surface area contributed by atoms with Gasteiger partial charge in [-0.1, -0.05) is 67.6 Å². The van der Waals surface area contributed by atoms with Crippen LogP contribution in [-0.4, -0.2) is 34.8 Å².